The lowest BCUT2D eigenvalue weighted by Crippen LogP contribution is -2.31. The molecular weight excluding hydrogens is 272 g/mol. The molecule has 0 bridgehead atoms. The fourth-order valence-corrected chi connectivity index (χ4v) is 2.23. The third-order valence-corrected chi connectivity index (χ3v) is 3.32. The van der Waals surface area contributed by atoms with Gasteiger partial charge in [0.15, 0.2) is 0 Å². The van der Waals surface area contributed by atoms with Crippen LogP contribution >= 0.6 is 11.8 Å². The van der Waals surface area contributed by atoms with E-state index in [0.717, 1.165) is 16.7 Å². The molecule has 5 heteroatoms. The highest BCUT2D eigenvalue weighted by Gasteiger charge is 2.15. The highest BCUT2D eigenvalue weighted by Crippen LogP contribution is 2.19. The first-order valence-electron chi connectivity index (χ1n) is 6.13. The van der Waals surface area contributed by atoms with Crippen molar-refractivity contribution in [1.29, 1.82) is 5.26 Å². The summed E-state index contributed by atoms with van der Waals surface area (Å²) < 4.78 is 1.43. The number of rotatable bonds is 2. The Kier molecular flexibility index (Phi) is 3.28. The first-order chi connectivity index (χ1) is 9.76. The Hall–Kier alpha value is -2.51. The zero-order chi connectivity index (χ0) is 13.9. The van der Waals surface area contributed by atoms with Crippen molar-refractivity contribution in [3.63, 3.8) is 0 Å². The lowest BCUT2D eigenvalue weighted by molar-refractivity contribution is 0.539. The first kappa shape index (κ1) is 12.5. The average molecular weight is 283 g/mol. The fourth-order valence-electron chi connectivity index (χ4n) is 2.01. The summed E-state index contributed by atoms with van der Waals surface area (Å²) in [4.78, 5) is 4.53. The van der Waals surface area contributed by atoms with Gasteiger partial charge in [-0.3, -0.25) is 4.42 Å². The second kappa shape index (κ2) is 5.24. The number of fused-ring (bicyclic) bond motifs is 1. The third-order valence-electron chi connectivity index (χ3n) is 3.01. The molecule has 98 valence electrons. The van der Waals surface area contributed by atoms with E-state index in [9.17, 15) is 0 Å². The van der Waals surface area contributed by atoms with E-state index in [1.165, 1.54) is 4.42 Å². The van der Waals surface area contributed by atoms with E-state index < -0.39 is 0 Å². The van der Waals surface area contributed by atoms with E-state index in [4.69, 9.17) is 17.0 Å². The Morgan fingerprint density at radius 1 is 1.25 bits per heavy atom. The van der Waals surface area contributed by atoms with Crippen LogP contribution in [0.3, 0.4) is 0 Å². The molecule has 0 saturated carbocycles. The van der Waals surface area contributed by atoms with E-state index >= 15 is 0 Å². The van der Waals surface area contributed by atoms with Gasteiger partial charge in [0.2, 0.25) is 0 Å². The largest absolute Gasteiger partial charge is 0.346 e. The quantitative estimate of drug-likeness (QED) is 0.858. The van der Waals surface area contributed by atoms with Gasteiger partial charge >= 0.3 is 0 Å². The Balaban J connectivity index is 1.82. The van der Waals surface area contributed by atoms with Gasteiger partial charge in [0.05, 0.1) is 11.1 Å². The normalized spacial score (nSPS) is 17.7. The van der Waals surface area contributed by atoms with E-state index in [2.05, 4.69) is 10.3 Å². The van der Waals surface area contributed by atoms with Crippen LogP contribution in [0, 0.1) is 11.3 Å². The SMILES string of the molecule is N#CC1=CN(Cl)C(Nc2ccc3ccccc3n2)C=C1. The number of anilines is 1. The highest BCUT2D eigenvalue weighted by atomic mass is 35.5. The van der Waals surface area contributed by atoms with Crippen molar-refractivity contribution in [2.24, 2.45) is 0 Å². The van der Waals surface area contributed by atoms with Crippen molar-refractivity contribution in [3.05, 3.63) is 60.3 Å². The van der Waals surface area contributed by atoms with Crippen LogP contribution in [0.1, 0.15) is 0 Å². The van der Waals surface area contributed by atoms with E-state index in [1.807, 2.05) is 48.5 Å². The number of nitriles is 1. The number of hydrogen-bond donors (Lipinski definition) is 1. The molecule has 4 nitrogen and oxygen atoms in total. The van der Waals surface area contributed by atoms with Crippen molar-refractivity contribution in [3.8, 4) is 6.07 Å². The van der Waals surface area contributed by atoms with Crippen LogP contribution in [0.4, 0.5) is 5.82 Å². The minimum absolute atomic E-state index is 0.234. The first-order valence-corrected chi connectivity index (χ1v) is 6.47. The van der Waals surface area contributed by atoms with Gasteiger partial charge in [0.1, 0.15) is 18.1 Å². The molecule has 0 fully saturated rings. The second-order valence-corrected chi connectivity index (χ2v) is 4.77. The van der Waals surface area contributed by atoms with Gasteiger partial charge in [-0.1, -0.05) is 18.2 Å². The summed E-state index contributed by atoms with van der Waals surface area (Å²) in [5.41, 5.74) is 1.44. The van der Waals surface area contributed by atoms with Gasteiger partial charge in [-0.15, -0.1) is 0 Å². The van der Waals surface area contributed by atoms with Gasteiger partial charge in [0, 0.05) is 23.4 Å². The molecule has 0 saturated heterocycles. The van der Waals surface area contributed by atoms with Crippen molar-refractivity contribution in [2.75, 3.05) is 5.32 Å². The average Bonchev–Trinajstić information content (AvgIpc) is 2.49. The molecule has 1 aliphatic heterocycles. The van der Waals surface area contributed by atoms with Crippen LogP contribution in [0.2, 0.25) is 0 Å². The molecule has 20 heavy (non-hydrogen) atoms. The van der Waals surface area contributed by atoms with Gasteiger partial charge in [0.25, 0.3) is 0 Å². The van der Waals surface area contributed by atoms with Gasteiger partial charge in [-0.05, 0) is 30.4 Å². The standard InChI is InChI=1S/C15H11ClN4/c16-20-10-11(9-17)5-8-15(20)19-14-7-6-12-3-1-2-4-13(12)18-14/h1-8,10,15H,(H,18,19). The maximum Gasteiger partial charge on any atom is 0.135 e. The Labute approximate surface area is 121 Å². The molecule has 0 radical (unpaired) electrons. The Bertz CT molecular complexity index is 745. The minimum atomic E-state index is -0.234. The maximum absolute atomic E-state index is 8.82. The van der Waals surface area contributed by atoms with Crippen LogP contribution in [-0.2, 0) is 0 Å². The molecule has 0 aliphatic carbocycles. The van der Waals surface area contributed by atoms with Crippen molar-refractivity contribution >= 4 is 28.5 Å². The monoisotopic (exact) mass is 282 g/mol. The van der Waals surface area contributed by atoms with Crippen LogP contribution < -0.4 is 5.32 Å². The lowest BCUT2D eigenvalue weighted by Gasteiger charge is -2.25. The number of allylic oxidation sites excluding steroid dienone is 2. The summed E-state index contributed by atoms with van der Waals surface area (Å²) >= 11 is 6.09. The molecule has 1 aromatic carbocycles. The molecule has 3 rings (SSSR count). The zero-order valence-electron chi connectivity index (χ0n) is 10.5. The number of benzene rings is 1. The number of hydrogen-bond acceptors (Lipinski definition) is 4. The Morgan fingerprint density at radius 2 is 2.10 bits per heavy atom. The summed E-state index contributed by atoms with van der Waals surface area (Å²) in [6.45, 7) is 0. The summed E-state index contributed by atoms with van der Waals surface area (Å²) in [7, 11) is 0. The van der Waals surface area contributed by atoms with Gasteiger partial charge < -0.3 is 5.32 Å². The third kappa shape index (κ3) is 2.44. The van der Waals surface area contributed by atoms with E-state index in [0.29, 0.717) is 5.57 Å². The molecule has 1 N–H and O–H groups in total. The summed E-state index contributed by atoms with van der Waals surface area (Å²) in [6, 6.07) is 13.9. The van der Waals surface area contributed by atoms with E-state index in [1.54, 1.807) is 12.3 Å². The summed E-state index contributed by atoms with van der Waals surface area (Å²) in [5.74, 6) is 0.734. The summed E-state index contributed by atoms with van der Waals surface area (Å²) in [6.07, 6.45) is 4.91. The van der Waals surface area contributed by atoms with Crippen molar-refractivity contribution in [2.45, 2.75) is 6.17 Å². The predicted octanol–water partition coefficient (Wildman–Crippen LogP) is 3.41. The van der Waals surface area contributed by atoms with Gasteiger partial charge in [-0.25, -0.2) is 4.98 Å². The fraction of sp³-hybridized carbons (Fsp3) is 0.0667. The van der Waals surface area contributed by atoms with Crippen LogP contribution in [-0.4, -0.2) is 15.6 Å². The van der Waals surface area contributed by atoms with E-state index in [-0.39, 0.29) is 6.17 Å². The molecule has 1 atom stereocenters. The number of aromatic nitrogens is 1. The topological polar surface area (TPSA) is 52.0 Å². The van der Waals surface area contributed by atoms with Crippen molar-refractivity contribution < 1.29 is 0 Å². The summed E-state index contributed by atoms with van der Waals surface area (Å²) in [5, 5.41) is 13.1. The molecule has 2 heterocycles. The zero-order valence-corrected chi connectivity index (χ0v) is 11.2. The Morgan fingerprint density at radius 3 is 2.90 bits per heavy atom. The molecule has 1 aromatic heterocycles. The van der Waals surface area contributed by atoms with Gasteiger partial charge in [-0.2, -0.15) is 5.26 Å². The van der Waals surface area contributed by atoms with Crippen molar-refractivity contribution in [1.82, 2.24) is 9.40 Å². The number of para-hydroxylation sites is 1. The number of nitrogens with one attached hydrogen (secondary N) is 1. The number of halogens is 1. The maximum atomic E-state index is 8.82. The number of nitrogens with zero attached hydrogens (tertiary/aromatic N) is 3. The molecule has 0 amide bonds. The molecule has 2 aromatic rings. The lowest BCUT2D eigenvalue weighted by atomic mass is 10.2. The molecule has 1 unspecified atom stereocenters. The van der Waals surface area contributed by atoms with Crippen LogP contribution in [0.25, 0.3) is 10.9 Å². The van der Waals surface area contributed by atoms with Crippen LogP contribution in [0.5, 0.6) is 0 Å². The number of pyridine rings is 1. The second-order valence-electron chi connectivity index (χ2n) is 4.38. The molecular formula is C15H11ClN4. The molecule has 1 aliphatic rings. The highest BCUT2D eigenvalue weighted by molar-refractivity contribution is 6.14. The molecule has 0 spiro atoms. The predicted molar refractivity (Wildman–Crippen MR) is 79.7 cm³/mol. The van der Waals surface area contributed by atoms with Crippen LogP contribution in [0.15, 0.2) is 60.3 Å². The minimum Gasteiger partial charge on any atom is -0.346 e. The smallest absolute Gasteiger partial charge is 0.135 e.